The number of carbonyl (C=O) groups is 1. The Labute approximate surface area is 136 Å². The van der Waals surface area contributed by atoms with Gasteiger partial charge < -0.3 is 10.4 Å². The first-order chi connectivity index (χ1) is 11.2. The summed E-state index contributed by atoms with van der Waals surface area (Å²) in [7, 11) is 0. The third-order valence-corrected chi connectivity index (χ3v) is 4.12. The molecule has 0 saturated heterocycles. The van der Waals surface area contributed by atoms with Crippen LogP contribution in [-0.2, 0) is 13.0 Å². The van der Waals surface area contributed by atoms with Crippen molar-refractivity contribution >= 4 is 5.91 Å². The van der Waals surface area contributed by atoms with E-state index in [1.165, 1.54) is 11.1 Å². The number of aromatic nitrogens is 1. The molecular formula is C18H21N3O2. The second kappa shape index (κ2) is 7.35. The van der Waals surface area contributed by atoms with Crippen molar-refractivity contribution in [1.82, 2.24) is 15.2 Å². The Kier molecular flexibility index (Phi) is 5.00. The zero-order valence-corrected chi connectivity index (χ0v) is 13.0. The minimum Gasteiger partial charge on any atom is -0.390 e. The molecule has 0 bridgehead atoms. The van der Waals surface area contributed by atoms with Gasteiger partial charge in [-0.15, -0.1) is 0 Å². The van der Waals surface area contributed by atoms with Crippen LogP contribution in [0.15, 0.2) is 48.8 Å². The number of amides is 1. The van der Waals surface area contributed by atoms with E-state index in [1.54, 1.807) is 24.5 Å². The molecule has 1 atom stereocenters. The van der Waals surface area contributed by atoms with Crippen LogP contribution in [0.3, 0.4) is 0 Å². The van der Waals surface area contributed by atoms with Crippen molar-refractivity contribution in [3.05, 3.63) is 65.5 Å². The van der Waals surface area contributed by atoms with Crippen molar-refractivity contribution in [2.24, 2.45) is 0 Å². The van der Waals surface area contributed by atoms with E-state index in [4.69, 9.17) is 0 Å². The van der Waals surface area contributed by atoms with Gasteiger partial charge in [-0.2, -0.15) is 0 Å². The van der Waals surface area contributed by atoms with Crippen LogP contribution < -0.4 is 5.32 Å². The number of aliphatic hydroxyl groups is 1. The van der Waals surface area contributed by atoms with E-state index in [1.807, 2.05) is 6.07 Å². The number of aliphatic hydroxyl groups excluding tert-OH is 1. The molecule has 0 radical (unpaired) electrons. The summed E-state index contributed by atoms with van der Waals surface area (Å²) >= 11 is 0. The smallest absolute Gasteiger partial charge is 0.251 e. The summed E-state index contributed by atoms with van der Waals surface area (Å²) in [4.78, 5) is 18.1. The van der Waals surface area contributed by atoms with E-state index in [-0.39, 0.29) is 12.5 Å². The van der Waals surface area contributed by atoms with Gasteiger partial charge in [0.15, 0.2) is 0 Å². The van der Waals surface area contributed by atoms with Crippen molar-refractivity contribution in [1.29, 1.82) is 0 Å². The van der Waals surface area contributed by atoms with Gasteiger partial charge in [0.1, 0.15) is 0 Å². The molecule has 1 aromatic heterocycles. The zero-order valence-electron chi connectivity index (χ0n) is 13.0. The van der Waals surface area contributed by atoms with Gasteiger partial charge in [0.2, 0.25) is 0 Å². The van der Waals surface area contributed by atoms with Crippen molar-refractivity contribution in [3.63, 3.8) is 0 Å². The largest absolute Gasteiger partial charge is 0.390 e. The maximum absolute atomic E-state index is 11.9. The normalized spacial score (nSPS) is 15.7. The van der Waals surface area contributed by atoms with Gasteiger partial charge in [0.05, 0.1) is 6.10 Å². The van der Waals surface area contributed by atoms with Gasteiger partial charge in [-0.05, 0) is 29.7 Å². The zero-order chi connectivity index (χ0) is 16.1. The molecular weight excluding hydrogens is 290 g/mol. The molecule has 1 aliphatic heterocycles. The van der Waals surface area contributed by atoms with Gasteiger partial charge in [-0.3, -0.25) is 14.7 Å². The molecule has 0 aliphatic carbocycles. The van der Waals surface area contributed by atoms with E-state index in [9.17, 15) is 9.90 Å². The Bertz CT molecular complexity index is 660. The summed E-state index contributed by atoms with van der Waals surface area (Å²) in [6, 6.07) is 11.7. The predicted octanol–water partition coefficient (Wildman–Crippen LogP) is 1.23. The van der Waals surface area contributed by atoms with Crippen LogP contribution in [-0.4, -0.2) is 46.6 Å². The molecule has 5 nitrogen and oxygen atoms in total. The third kappa shape index (κ3) is 4.15. The number of nitrogens with one attached hydrogen (secondary N) is 1. The number of hydrogen-bond acceptors (Lipinski definition) is 4. The Morgan fingerprint density at radius 1 is 1.22 bits per heavy atom. The fraction of sp³-hybridized carbons (Fsp3) is 0.333. The number of fused-ring (bicyclic) bond motifs is 1. The average Bonchev–Trinajstić information content (AvgIpc) is 2.60. The summed E-state index contributed by atoms with van der Waals surface area (Å²) in [6.45, 7) is 2.60. The highest BCUT2D eigenvalue weighted by molar-refractivity contribution is 5.93. The molecule has 120 valence electrons. The Morgan fingerprint density at radius 3 is 2.74 bits per heavy atom. The quantitative estimate of drug-likeness (QED) is 0.872. The number of rotatable bonds is 5. The van der Waals surface area contributed by atoms with Crippen molar-refractivity contribution in [3.8, 4) is 0 Å². The highest BCUT2D eigenvalue weighted by atomic mass is 16.3. The van der Waals surface area contributed by atoms with Crippen LogP contribution in [0.5, 0.6) is 0 Å². The number of benzene rings is 1. The number of pyridine rings is 1. The van der Waals surface area contributed by atoms with E-state index in [0.29, 0.717) is 12.1 Å². The SMILES string of the molecule is O=C(NC[C@H](O)CN1CCc2ccccc2C1)c1ccncc1. The van der Waals surface area contributed by atoms with Crippen LogP contribution in [0.1, 0.15) is 21.5 Å². The summed E-state index contributed by atoms with van der Waals surface area (Å²) in [5.74, 6) is -0.185. The lowest BCUT2D eigenvalue weighted by molar-refractivity contribution is 0.0842. The molecule has 2 N–H and O–H groups in total. The summed E-state index contributed by atoms with van der Waals surface area (Å²) in [6.07, 6.45) is 3.59. The average molecular weight is 311 g/mol. The molecule has 1 amide bonds. The topological polar surface area (TPSA) is 65.5 Å². The van der Waals surface area contributed by atoms with Gasteiger partial charge in [-0.1, -0.05) is 24.3 Å². The van der Waals surface area contributed by atoms with Crippen LogP contribution in [0.4, 0.5) is 0 Å². The number of β-amino-alcohol motifs (C(OH)–C–C–N with tert-alkyl or cyclic N) is 1. The second-order valence-electron chi connectivity index (χ2n) is 5.85. The minimum absolute atomic E-state index is 0.185. The van der Waals surface area contributed by atoms with E-state index in [2.05, 4.69) is 33.4 Å². The first kappa shape index (κ1) is 15.6. The van der Waals surface area contributed by atoms with Crippen molar-refractivity contribution < 1.29 is 9.90 Å². The molecule has 2 aromatic rings. The summed E-state index contributed by atoms with van der Waals surface area (Å²) in [5.41, 5.74) is 3.27. The maximum Gasteiger partial charge on any atom is 0.251 e. The fourth-order valence-corrected chi connectivity index (χ4v) is 2.89. The molecule has 0 spiro atoms. The van der Waals surface area contributed by atoms with E-state index < -0.39 is 6.10 Å². The second-order valence-corrected chi connectivity index (χ2v) is 5.85. The van der Waals surface area contributed by atoms with Gasteiger partial charge in [-0.25, -0.2) is 0 Å². The Morgan fingerprint density at radius 2 is 1.96 bits per heavy atom. The summed E-state index contributed by atoms with van der Waals surface area (Å²) < 4.78 is 0. The lowest BCUT2D eigenvalue weighted by atomic mass is 10.00. The molecule has 3 rings (SSSR count). The van der Waals surface area contributed by atoms with Crippen molar-refractivity contribution in [2.45, 2.75) is 19.1 Å². The van der Waals surface area contributed by atoms with Crippen LogP contribution >= 0.6 is 0 Å². The molecule has 23 heavy (non-hydrogen) atoms. The fourth-order valence-electron chi connectivity index (χ4n) is 2.89. The number of nitrogens with zero attached hydrogens (tertiary/aromatic N) is 2. The maximum atomic E-state index is 11.9. The molecule has 5 heteroatoms. The first-order valence-corrected chi connectivity index (χ1v) is 7.88. The van der Waals surface area contributed by atoms with Crippen LogP contribution in [0.2, 0.25) is 0 Å². The van der Waals surface area contributed by atoms with Crippen molar-refractivity contribution in [2.75, 3.05) is 19.6 Å². The Hall–Kier alpha value is -2.24. The molecule has 1 aliphatic rings. The molecule has 2 heterocycles. The van der Waals surface area contributed by atoms with E-state index in [0.717, 1.165) is 19.5 Å². The van der Waals surface area contributed by atoms with E-state index >= 15 is 0 Å². The van der Waals surface area contributed by atoms with Crippen LogP contribution in [0, 0.1) is 0 Å². The highest BCUT2D eigenvalue weighted by Crippen LogP contribution is 2.18. The molecule has 0 unspecified atom stereocenters. The minimum atomic E-state index is -0.578. The standard InChI is InChI=1S/C18H21N3O2/c22-17(11-20-18(23)15-5-8-19-9-6-15)13-21-10-7-14-3-1-2-4-16(14)12-21/h1-6,8-9,17,22H,7,10-13H2,(H,20,23)/t17-/m0/s1. The first-order valence-electron chi connectivity index (χ1n) is 7.88. The lowest BCUT2D eigenvalue weighted by Gasteiger charge is -2.30. The number of hydrogen-bond donors (Lipinski definition) is 2. The monoisotopic (exact) mass is 311 g/mol. The van der Waals surface area contributed by atoms with Gasteiger partial charge in [0, 0.05) is 44.1 Å². The predicted molar refractivity (Wildman–Crippen MR) is 88.0 cm³/mol. The molecule has 0 saturated carbocycles. The lowest BCUT2D eigenvalue weighted by Crippen LogP contribution is -2.42. The van der Waals surface area contributed by atoms with Gasteiger partial charge >= 0.3 is 0 Å². The molecule has 1 aromatic carbocycles. The Balaban J connectivity index is 1.47. The third-order valence-electron chi connectivity index (χ3n) is 4.12. The molecule has 0 fully saturated rings. The number of carbonyl (C=O) groups excluding carboxylic acids is 1. The summed E-state index contributed by atoms with van der Waals surface area (Å²) in [5, 5.41) is 12.9. The van der Waals surface area contributed by atoms with Crippen LogP contribution in [0.25, 0.3) is 0 Å². The van der Waals surface area contributed by atoms with Gasteiger partial charge in [0.25, 0.3) is 5.91 Å². The highest BCUT2D eigenvalue weighted by Gasteiger charge is 2.18.